The molecular weight excluding hydrogens is 324 g/mol. The summed E-state index contributed by atoms with van der Waals surface area (Å²) >= 11 is 0. The highest BCUT2D eigenvalue weighted by molar-refractivity contribution is 5.90. The summed E-state index contributed by atoms with van der Waals surface area (Å²) in [4.78, 5) is 19.2. The predicted octanol–water partition coefficient (Wildman–Crippen LogP) is 3.47. The molecule has 2 rings (SSSR count). The molecule has 5 heteroatoms. The topological polar surface area (TPSA) is 38.8 Å². The van der Waals surface area contributed by atoms with Crippen LogP contribution >= 0.6 is 0 Å². The second-order valence-corrected chi connectivity index (χ2v) is 8.66. The van der Waals surface area contributed by atoms with Gasteiger partial charge in [0.2, 0.25) is 0 Å². The number of hydrogen-bond donors (Lipinski definition) is 1. The number of urea groups is 1. The minimum Gasteiger partial charge on any atom is -0.326 e. The molecule has 1 N–H and O–H groups in total. The van der Waals surface area contributed by atoms with Crippen LogP contribution in [-0.2, 0) is 5.41 Å². The molecule has 1 fully saturated rings. The smallest absolute Gasteiger partial charge is 0.321 e. The van der Waals surface area contributed by atoms with Crippen LogP contribution in [0.15, 0.2) is 24.3 Å². The van der Waals surface area contributed by atoms with Gasteiger partial charge in [0.15, 0.2) is 0 Å². The molecule has 0 radical (unpaired) electrons. The highest BCUT2D eigenvalue weighted by atomic mass is 16.2. The van der Waals surface area contributed by atoms with E-state index in [2.05, 4.69) is 56.0 Å². The molecule has 1 heterocycles. The van der Waals surface area contributed by atoms with E-state index in [0.29, 0.717) is 6.04 Å². The lowest BCUT2D eigenvalue weighted by Gasteiger charge is -2.35. The first-order valence-corrected chi connectivity index (χ1v) is 9.69. The average molecular weight is 361 g/mol. The van der Waals surface area contributed by atoms with E-state index in [-0.39, 0.29) is 11.4 Å². The van der Waals surface area contributed by atoms with Gasteiger partial charge in [-0.15, -0.1) is 0 Å². The van der Waals surface area contributed by atoms with Crippen LogP contribution in [0.25, 0.3) is 0 Å². The number of anilines is 1. The minimum absolute atomic E-state index is 0.00317. The Morgan fingerprint density at radius 2 is 1.77 bits per heavy atom. The number of nitrogens with zero attached hydrogens (tertiary/aromatic N) is 3. The molecule has 26 heavy (non-hydrogen) atoms. The van der Waals surface area contributed by atoms with E-state index in [1.54, 1.807) is 4.90 Å². The molecular formula is C21H36N4O. The SMILES string of the molecule is CN1CCC(N(C)CCN(C)C(=O)Nc2ccccc2C(C)(C)C)CC1. The van der Waals surface area contributed by atoms with E-state index in [9.17, 15) is 4.79 Å². The fraction of sp³-hybridized carbons (Fsp3) is 0.667. The van der Waals surface area contributed by atoms with E-state index in [0.717, 1.165) is 37.4 Å². The molecule has 0 unspecified atom stereocenters. The monoisotopic (exact) mass is 360 g/mol. The van der Waals surface area contributed by atoms with E-state index in [1.165, 1.54) is 12.8 Å². The van der Waals surface area contributed by atoms with Crippen LogP contribution in [0.2, 0.25) is 0 Å². The lowest BCUT2D eigenvalue weighted by Crippen LogP contribution is -2.45. The number of amides is 2. The van der Waals surface area contributed by atoms with Crippen molar-refractivity contribution < 1.29 is 4.79 Å². The zero-order chi connectivity index (χ0) is 19.3. The van der Waals surface area contributed by atoms with Gasteiger partial charge in [0, 0.05) is 31.9 Å². The largest absolute Gasteiger partial charge is 0.326 e. The fourth-order valence-electron chi connectivity index (χ4n) is 3.48. The number of carbonyl (C=O) groups is 1. The van der Waals surface area contributed by atoms with Crippen molar-refractivity contribution in [1.82, 2.24) is 14.7 Å². The number of nitrogens with one attached hydrogen (secondary N) is 1. The highest BCUT2D eigenvalue weighted by Gasteiger charge is 2.22. The van der Waals surface area contributed by atoms with Crippen LogP contribution in [0.3, 0.4) is 0 Å². The quantitative estimate of drug-likeness (QED) is 0.874. The summed E-state index contributed by atoms with van der Waals surface area (Å²) in [6, 6.07) is 8.65. The van der Waals surface area contributed by atoms with Crippen molar-refractivity contribution in [3.8, 4) is 0 Å². The van der Waals surface area contributed by atoms with Gasteiger partial charge in [0.05, 0.1) is 0 Å². The van der Waals surface area contributed by atoms with Gasteiger partial charge in [-0.3, -0.25) is 0 Å². The minimum atomic E-state index is -0.0431. The van der Waals surface area contributed by atoms with Crippen LogP contribution in [0.4, 0.5) is 10.5 Å². The number of likely N-dealkylation sites (N-methyl/N-ethyl adjacent to an activating group) is 2. The standard InChI is InChI=1S/C21H36N4O/c1-21(2,3)18-9-7-8-10-19(18)22-20(26)25(6)16-15-24(5)17-11-13-23(4)14-12-17/h7-10,17H,11-16H2,1-6H3,(H,22,26). The number of likely N-dealkylation sites (tertiary alicyclic amines) is 1. The summed E-state index contributed by atoms with van der Waals surface area (Å²) in [6.07, 6.45) is 2.42. The molecule has 0 bridgehead atoms. The van der Waals surface area contributed by atoms with Crippen molar-refractivity contribution in [2.24, 2.45) is 0 Å². The summed E-state index contributed by atoms with van der Waals surface area (Å²) in [5.41, 5.74) is 2.06. The van der Waals surface area contributed by atoms with Crippen LogP contribution in [0.1, 0.15) is 39.2 Å². The molecule has 1 aliphatic heterocycles. The van der Waals surface area contributed by atoms with Gasteiger partial charge in [-0.05, 0) is 57.1 Å². The molecule has 1 aliphatic rings. The summed E-state index contributed by atoms with van der Waals surface area (Å²) in [6.45, 7) is 10.4. The Bertz CT molecular complexity index is 588. The Morgan fingerprint density at radius 1 is 1.15 bits per heavy atom. The van der Waals surface area contributed by atoms with Crippen molar-refractivity contribution in [1.29, 1.82) is 0 Å². The van der Waals surface area contributed by atoms with Gasteiger partial charge in [-0.1, -0.05) is 39.0 Å². The fourth-order valence-corrected chi connectivity index (χ4v) is 3.48. The molecule has 0 aliphatic carbocycles. The molecule has 0 spiro atoms. The first kappa shape index (κ1) is 20.7. The summed E-state index contributed by atoms with van der Waals surface area (Å²) in [5.74, 6) is 0. The molecule has 5 nitrogen and oxygen atoms in total. The van der Waals surface area contributed by atoms with Crippen molar-refractivity contribution in [3.05, 3.63) is 29.8 Å². The van der Waals surface area contributed by atoms with Gasteiger partial charge in [-0.2, -0.15) is 0 Å². The number of rotatable bonds is 5. The van der Waals surface area contributed by atoms with E-state index >= 15 is 0 Å². The van der Waals surface area contributed by atoms with Crippen LogP contribution in [-0.4, -0.2) is 74.1 Å². The molecule has 0 atom stereocenters. The zero-order valence-electron chi connectivity index (χ0n) is 17.4. The Kier molecular flexibility index (Phi) is 7.07. The third-order valence-corrected chi connectivity index (χ3v) is 5.42. The van der Waals surface area contributed by atoms with Crippen LogP contribution < -0.4 is 5.32 Å². The van der Waals surface area contributed by atoms with Crippen molar-refractivity contribution in [3.63, 3.8) is 0 Å². The molecule has 1 aromatic rings. The summed E-state index contributed by atoms with van der Waals surface area (Å²) in [7, 11) is 6.23. The second-order valence-electron chi connectivity index (χ2n) is 8.66. The van der Waals surface area contributed by atoms with Gasteiger partial charge < -0.3 is 20.0 Å². The summed E-state index contributed by atoms with van der Waals surface area (Å²) < 4.78 is 0. The number of hydrogen-bond acceptors (Lipinski definition) is 3. The Labute approximate surface area is 159 Å². The summed E-state index contributed by atoms with van der Waals surface area (Å²) in [5, 5.41) is 3.09. The Morgan fingerprint density at radius 3 is 2.38 bits per heavy atom. The average Bonchev–Trinajstić information content (AvgIpc) is 2.59. The number of benzene rings is 1. The maximum absolute atomic E-state index is 12.6. The third kappa shape index (κ3) is 5.71. The number of carbonyl (C=O) groups excluding carboxylic acids is 1. The van der Waals surface area contributed by atoms with Crippen LogP contribution in [0.5, 0.6) is 0 Å². The number of piperidine rings is 1. The Balaban J connectivity index is 1.86. The molecule has 146 valence electrons. The molecule has 1 aromatic carbocycles. The second kappa shape index (κ2) is 8.87. The maximum atomic E-state index is 12.6. The van der Waals surface area contributed by atoms with E-state index < -0.39 is 0 Å². The van der Waals surface area contributed by atoms with Crippen molar-refractivity contribution in [2.75, 3.05) is 52.6 Å². The van der Waals surface area contributed by atoms with Gasteiger partial charge in [0.25, 0.3) is 0 Å². The number of para-hydroxylation sites is 1. The lowest BCUT2D eigenvalue weighted by molar-refractivity contribution is 0.136. The molecule has 0 saturated carbocycles. The first-order chi connectivity index (χ1) is 12.2. The lowest BCUT2D eigenvalue weighted by atomic mass is 9.86. The van der Waals surface area contributed by atoms with Gasteiger partial charge >= 0.3 is 6.03 Å². The van der Waals surface area contributed by atoms with Crippen molar-refractivity contribution >= 4 is 11.7 Å². The van der Waals surface area contributed by atoms with E-state index in [4.69, 9.17) is 0 Å². The third-order valence-electron chi connectivity index (χ3n) is 5.42. The van der Waals surface area contributed by atoms with Gasteiger partial charge in [0.1, 0.15) is 0 Å². The highest BCUT2D eigenvalue weighted by Crippen LogP contribution is 2.29. The van der Waals surface area contributed by atoms with Crippen LogP contribution in [0, 0.1) is 0 Å². The Hall–Kier alpha value is -1.59. The van der Waals surface area contributed by atoms with Gasteiger partial charge in [-0.25, -0.2) is 4.79 Å². The molecule has 0 aromatic heterocycles. The maximum Gasteiger partial charge on any atom is 0.321 e. The zero-order valence-corrected chi connectivity index (χ0v) is 17.4. The molecule has 2 amide bonds. The van der Waals surface area contributed by atoms with Crippen molar-refractivity contribution in [2.45, 2.75) is 45.1 Å². The normalized spacial score (nSPS) is 16.7. The molecule has 1 saturated heterocycles. The predicted molar refractivity (Wildman–Crippen MR) is 110 cm³/mol. The van der Waals surface area contributed by atoms with E-state index in [1.807, 2.05) is 25.2 Å². The first-order valence-electron chi connectivity index (χ1n) is 9.69.